The summed E-state index contributed by atoms with van der Waals surface area (Å²) in [6.07, 6.45) is 0.133. The first kappa shape index (κ1) is 19.3. The number of halogens is 2. The number of nitrogens with two attached hydrogens (primary N) is 1. The molecule has 2 aromatic carbocycles. The normalized spacial score (nSPS) is 19.6. The molecule has 0 radical (unpaired) electrons. The summed E-state index contributed by atoms with van der Waals surface area (Å²) in [7, 11) is 0. The van der Waals surface area contributed by atoms with Gasteiger partial charge in [0, 0.05) is 18.3 Å². The summed E-state index contributed by atoms with van der Waals surface area (Å²) in [6, 6.07) is 6.12. The summed E-state index contributed by atoms with van der Waals surface area (Å²) in [5.41, 5.74) is 6.07. The number of ether oxygens (including phenoxy) is 2. The lowest BCUT2D eigenvalue weighted by Crippen LogP contribution is -2.39. The number of hydrogen-bond acceptors (Lipinski definition) is 6. The number of nitrogens with zero attached hydrogens (tertiary/aromatic N) is 2. The number of carbonyl (C=O) groups is 1. The van der Waals surface area contributed by atoms with Crippen molar-refractivity contribution >= 4 is 22.7 Å². The topological polar surface area (TPSA) is 107 Å². The second kappa shape index (κ2) is 6.95. The van der Waals surface area contributed by atoms with E-state index in [4.69, 9.17) is 15.6 Å². The van der Waals surface area contributed by atoms with Gasteiger partial charge in [-0.2, -0.15) is 0 Å². The van der Waals surface area contributed by atoms with Crippen LogP contribution in [0.15, 0.2) is 41.3 Å². The highest BCUT2D eigenvalue weighted by Gasteiger charge is 2.39. The lowest BCUT2D eigenvalue weighted by atomic mass is 10.1. The minimum Gasteiger partial charge on any atom is -0.487 e. The fourth-order valence-corrected chi connectivity index (χ4v) is 4.33. The van der Waals surface area contributed by atoms with Crippen molar-refractivity contribution in [2.24, 2.45) is 5.73 Å². The maximum atomic E-state index is 15.2. The first-order valence-corrected chi connectivity index (χ1v) is 9.57. The molecular weight excluding hydrogens is 412 g/mol. The van der Waals surface area contributed by atoms with E-state index in [0.717, 1.165) is 6.07 Å². The molecule has 2 atom stereocenters. The molecule has 3 N–H and O–H groups in total. The van der Waals surface area contributed by atoms with Gasteiger partial charge in [-0.25, -0.2) is 13.6 Å². The van der Waals surface area contributed by atoms with Gasteiger partial charge in [-0.1, -0.05) is 0 Å². The lowest BCUT2D eigenvalue weighted by Gasteiger charge is -2.34. The third kappa shape index (κ3) is 3.07. The number of carboxylic acid groups (broad SMARTS) is 1. The molecule has 0 aliphatic carbocycles. The van der Waals surface area contributed by atoms with Gasteiger partial charge in [-0.3, -0.25) is 4.79 Å². The number of anilines is 1. The zero-order valence-electron chi connectivity index (χ0n) is 16.0. The van der Waals surface area contributed by atoms with E-state index in [1.54, 1.807) is 0 Å². The lowest BCUT2D eigenvalue weighted by molar-refractivity contribution is 0.144. The van der Waals surface area contributed by atoms with Gasteiger partial charge in [0.25, 0.3) is 0 Å². The van der Waals surface area contributed by atoms with Crippen LogP contribution < -0.4 is 25.5 Å². The Morgan fingerprint density at radius 1 is 1.26 bits per heavy atom. The van der Waals surface area contributed by atoms with Crippen molar-refractivity contribution in [1.82, 2.24) is 4.57 Å². The Labute approximate surface area is 174 Å². The Bertz CT molecular complexity index is 1270. The molecule has 0 saturated carbocycles. The van der Waals surface area contributed by atoms with Gasteiger partial charge in [0.05, 0.1) is 17.6 Å². The Hall–Kier alpha value is -3.66. The molecule has 3 heterocycles. The van der Waals surface area contributed by atoms with Crippen LogP contribution in [0.4, 0.5) is 19.3 Å². The Morgan fingerprint density at radius 2 is 2.00 bits per heavy atom. The van der Waals surface area contributed by atoms with Crippen molar-refractivity contribution in [3.63, 3.8) is 0 Å². The molecule has 2 aliphatic rings. The number of fused-ring (bicyclic) bond motifs is 5. The van der Waals surface area contributed by atoms with E-state index >= 15 is 4.39 Å². The molecule has 1 saturated heterocycles. The molecule has 10 heteroatoms. The van der Waals surface area contributed by atoms with Crippen LogP contribution in [0.3, 0.4) is 0 Å². The maximum absolute atomic E-state index is 15.2. The van der Waals surface area contributed by atoms with Gasteiger partial charge in [-0.05, 0) is 36.8 Å². The van der Waals surface area contributed by atoms with E-state index in [0.29, 0.717) is 18.7 Å². The molecular formula is C21H17F2N3O5. The van der Waals surface area contributed by atoms with Gasteiger partial charge >= 0.3 is 6.16 Å². The van der Waals surface area contributed by atoms with E-state index in [1.807, 2.05) is 4.90 Å². The quantitative estimate of drug-likeness (QED) is 0.603. The molecule has 0 bridgehead atoms. The summed E-state index contributed by atoms with van der Waals surface area (Å²) in [6.45, 7) is 0.689. The van der Waals surface area contributed by atoms with Crippen LogP contribution in [0.25, 0.3) is 16.6 Å². The minimum absolute atomic E-state index is 0.0879. The summed E-state index contributed by atoms with van der Waals surface area (Å²) in [4.78, 5) is 25.8. The summed E-state index contributed by atoms with van der Waals surface area (Å²) < 4.78 is 40.7. The Kier molecular flexibility index (Phi) is 4.33. The third-order valence-corrected chi connectivity index (χ3v) is 5.59. The van der Waals surface area contributed by atoms with Crippen molar-refractivity contribution < 1.29 is 28.2 Å². The maximum Gasteiger partial charge on any atom is 0.511 e. The third-order valence-electron chi connectivity index (χ3n) is 5.59. The summed E-state index contributed by atoms with van der Waals surface area (Å²) in [5, 5.41) is 8.87. The second-order valence-electron chi connectivity index (χ2n) is 7.58. The van der Waals surface area contributed by atoms with Gasteiger partial charge in [0.2, 0.25) is 5.43 Å². The Balaban J connectivity index is 1.85. The zero-order chi connectivity index (χ0) is 21.9. The fourth-order valence-electron chi connectivity index (χ4n) is 4.33. The number of rotatable bonds is 2. The van der Waals surface area contributed by atoms with Crippen LogP contribution in [0, 0.1) is 11.6 Å². The van der Waals surface area contributed by atoms with Gasteiger partial charge < -0.3 is 29.8 Å². The van der Waals surface area contributed by atoms with Gasteiger partial charge in [0.15, 0.2) is 17.3 Å². The highest BCUT2D eigenvalue weighted by Crippen LogP contribution is 2.44. The van der Waals surface area contributed by atoms with E-state index < -0.39 is 29.0 Å². The molecule has 31 heavy (non-hydrogen) atoms. The molecule has 0 amide bonds. The molecule has 3 aromatic rings. The average molecular weight is 429 g/mol. The van der Waals surface area contributed by atoms with E-state index in [-0.39, 0.29) is 41.0 Å². The van der Waals surface area contributed by atoms with E-state index in [1.165, 1.54) is 35.0 Å². The van der Waals surface area contributed by atoms with Crippen molar-refractivity contribution in [2.75, 3.05) is 18.1 Å². The monoisotopic (exact) mass is 429 g/mol. The molecule has 160 valence electrons. The predicted molar refractivity (Wildman–Crippen MR) is 107 cm³/mol. The van der Waals surface area contributed by atoms with Crippen LogP contribution in [-0.2, 0) is 0 Å². The molecule has 1 fully saturated rings. The first-order valence-electron chi connectivity index (χ1n) is 9.57. The number of hydrogen-bond donors (Lipinski definition) is 2. The first-order chi connectivity index (χ1) is 14.8. The van der Waals surface area contributed by atoms with Gasteiger partial charge in [-0.15, -0.1) is 0 Å². The largest absolute Gasteiger partial charge is 0.511 e. The van der Waals surface area contributed by atoms with Crippen LogP contribution in [-0.4, -0.2) is 41.1 Å². The highest BCUT2D eigenvalue weighted by molar-refractivity contribution is 5.94. The smallest absolute Gasteiger partial charge is 0.487 e. The standard InChI is InChI=1S/C21H17F2N3O5/c22-10-1-3-12(4-2-10)26-8-16(31-21(28)29)19(27)14-6-15(23)18-20(17(14)26)30-9-13-5-11(24)7-25(13)18/h1-4,6,8,11,13H,5,7,9,24H2,(H,28,29)/t11?,13-/m0/s1. The molecule has 1 aromatic heterocycles. The minimum atomic E-state index is -1.69. The molecule has 0 spiro atoms. The van der Waals surface area contributed by atoms with E-state index in [2.05, 4.69) is 4.74 Å². The summed E-state index contributed by atoms with van der Waals surface area (Å²) in [5.74, 6) is -1.53. The summed E-state index contributed by atoms with van der Waals surface area (Å²) >= 11 is 0. The molecule has 5 rings (SSSR count). The molecule has 2 aliphatic heterocycles. The SMILES string of the molecule is NC1C[C@H]2COc3c(c(F)cc4c(=O)c(OC(=O)O)cn(-c5ccc(F)cc5)c34)N2C1. The zero-order valence-corrected chi connectivity index (χ0v) is 16.0. The van der Waals surface area contributed by atoms with Crippen LogP contribution >= 0.6 is 0 Å². The number of benzene rings is 2. The Morgan fingerprint density at radius 3 is 2.71 bits per heavy atom. The van der Waals surface area contributed by atoms with Crippen molar-refractivity contribution in [2.45, 2.75) is 18.5 Å². The molecule has 8 nitrogen and oxygen atoms in total. The van der Waals surface area contributed by atoms with Gasteiger partial charge in [0.1, 0.15) is 23.6 Å². The number of pyridine rings is 1. The predicted octanol–water partition coefficient (Wildman–Crippen LogP) is 2.62. The molecule has 1 unspecified atom stereocenters. The second-order valence-corrected chi connectivity index (χ2v) is 7.58. The van der Waals surface area contributed by atoms with Crippen LogP contribution in [0.1, 0.15) is 6.42 Å². The number of aromatic nitrogens is 1. The van der Waals surface area contributed by atoms with Crippen molar-refractivity contribution in [3.05, 3.63) is 58.4 Å². The highest BCUT2D eigenvalue weighted by atomic mass is 19.1. The van der Waals surface area contributed by atoms with Crippen molar-refractivity contribution in [1.29, 1.82) is 0 Å². The fraction of sp³-hybridized carbons (Fsp3) is 0.238. The van der Waals surface area contributed by atoms with Crippen LogP contribution in [0.2, 0.25) is 0 Å². The average Bonchev–Trinajstić information content (AvgIpc) is 3.10. The van der Waals surface area contributed by atoms with E-state index in [9.17, 15) is 14.0 Å². The van der Waals surface area contributed by atoms with Crippen molar-refractivity contribution in [3.8, 4) is 17.2 Å². The van der Waals surface area contributed by atoms with Crippen LogP contribution in [0.5, 0.6) is 11.5 Å².